The van der Waals surface area contributed by atoms with Crippen LogP contribution in [0.4, 0.5) is 5.82 Å². The summed E-state index contributed by atoms with van der Waals surface area (Å²) in [6.45, 7) is 1.90. The molecule has 0 aliphatic heterocycles. The fraction of sp³-hybridized carbons (Fsp3) is 0.105. The van der Waals surface area contributed by atoms with Gasteiger partial charge in [-0.1, -0.05) is 45.8 Å². The van der Waals surface area contributed by atoms with Crippen molar-refractivity contribution >= 4 is 42.9 Å². The van der Waals surface area contributed by atoms with Gasteiger partial charge in [-0.25, -0.2) is 23.4 Å². The zero-order chi connectivity index (χ0) is 19.9. The molecule has 4 rings (SSSR count). The number of halogens is 1. The van der Waals surface area contributed by atoms with Gasteiger partial charge < -0.3 is 4.57 Å². The van der Waals surface area contributed by atoms with Gasteiger partial charge in [0.05, 0.1) is 4.90 Å². The normalized spacial score (nSPS) is 11.7. The first kappa shape index (κ1) is 18.6. The minimum absolute atomic E-state index is 0.143. The predicted octanol–water partition coefficient (Wildman–Crippen LogP) is 3.90. The van der Waals surface area contributed by atoms with Gasteiger partial charge in [-0.15, -0.1) is 0 Å². The Labute approximate surface area is 170 Å². The highest BCUT2D eigenvalue weighted by molar-refractivity contribution is 9.10. The molecule has 2 heterocycles. The fourth-order valence-electron chi connectivity index (χ4n) is 2.83. The summed E-state index contributed by atoms with van der Waals surface area (Å²) in [7, 11) is -1.96. The average Bonchev–Trinajstić information content (AvgIpc) is 3.01. The van der Waals surface area contributed by atoms with Crippen LogP contribution in [0, 0.1) is 6.92 Å². The second-order valence-electron chi connectivity index (χ2n) is 6.31. The van der Waals surface area contributed by atoms with E-state index < -0.39 is 10.0 Å². The van der Waals surface area contributed by atoms with Crippen molar-refractivity contribution in [1.29, 1.82) is 0 Å². The number of aromatic nitrogens is 4. The number of benzene rings is 2. The van der Waals surface area contributed by atoms with E-state index in [1.807, 2.05) is 42.8 Å². The number of fused-ring (bicyclic) bond motifs is 1. The molecule has 0 unspecified atom stereocenters. The van der Waals surface area contributed by atoms with Gasteiger partial charge in [0.2, 0.25) is 0 Å². The molecule has 0 atom stereocenters. The first-order valence-corrected chi connectivity index (χ1v) is 10.7. The summed E-state index contributed by atoms with van der Waals surface area (Å²) in [6.07, 6.45) is 1.32. The molecule has 0 amide bonds. The zero-order valence-electron chi connectivity index (χ0n) is 15.1. The number of imidazole rings is 1. The van der Waals surface area contributed by atoms with Gasteiger partial charge in [0.25, 0.3) is 10.0 Å². The van der Waals surface area contributed by atoms with Gasteiger partial charge in [-0.05, 0) is 31.2 Å². The molecule has 9 heteroatoms. The predicted molar refractivity (Wildman–Crippen MR) is 111 cm³/mol. The van der Waals surface area contributed by atoms with Crippen molar-refractivity contribution in [3.8, 4) is 11.4 Å². The van der Waals surface area contributed by atoms with E-state index in [2.05, 4.69) is 35.6 Å². The van der Waals surface area contributed by atoms with Crippen LogP contribution in [0.5, 0.6) is 0 Å². The van der Waals surface area contributed by atoms with E-state index in [0.717, 1.165) is 15.6 Å². The number of rotatable bonds is 4. The summed E-state index contributed by atoms with van der Waals surface area (Å²) in [5.74, 6) is 0.809. The number of sulfonamides is 1. The molecule has 142 valence electrons. The van der Waals surface area contributed by atoms with Crippen LogP contribution >= 0.6 is 15.9 Å². The quantitative estimate of drug-likeness (QED) is 0.501. The Morgan fingerprint density at radius 3 is 2.36 bits per heavy atom. The van der Waals surface area contributed by atoms with Crippen LogP contribution in [0.25, 0.3) is 22.6 Å². The summed E-state index contributed by atoms with van der Waals surface area (Å²) in [6, 6.07) is 14.3. The minimum Gasteiger partial charge on any atom is -0.312 e. The Hall–Kier alpha value is -2.78. The lowest BCUT2D eigenvalue weighted by Gasteiger charge is -2.07. The standard InChI is InChI=1S/C19H16BrN5O2S/c1-12-3-9-15(10-4-12)28(26,27)24-17-16-19(22-11-21-17)25(2)18(23-16)13-5-7-14(20)8-6-13/h3-11H,1-2H3,(H,21,22,24). The van der Waals surface area contributed by atoms with Gasteiger partial charge in [0, 0.05) is 17.1 Å². The molecule has 0 fully saturated rings. The molecular weight excluding hydrogens is 442 g/mol. The molecular formula is C19H16BrN5O2S. The number of hydrogen-bond acceptors (Lipinski definition) is 5. The Kier molecular flexibility index (Phi) is 4.64. The van der Waals surface area contributed by atoms with Crippen LogP contribution in [-0.2, 0) is 17.1 Å². The number of anilines is 1. The highest BCUT2D eigenvalue weighted by Crippen LogP contribution is 2.27. The lowest BCUT2D eigenvalue weighted by atomic mass is 10.2. The van der Waals surface area contributed by atoms with E-state index in [-0.39, 0.29) is 10.7 Å². The van der Waals surface area contributed by atoms with Crippen molar-refractivity contribution in [3.05, 3.63) is 64.9 Å². The number of aryl methyl sites for hydroxylation is 2. The first-order valence-electron chi connectivity index (χ1n) is 8.38. The third-order valence-electron chi connectivity index (χ3n) is 4.32. The maximum Gasteiger partial charge on any atom is 0.263 e. The minimum atomic E-state index is -3.79. The lowest BCUT2D eigenvalue weighted by Crippen LogP contribution is -2.14. The van der Waals surface area contributed by atoms with Crippen molar-refractivity contribution in [2.45, 2.75) is 11.8 Å². The first-order chi connectivity index (χ1) is 13.3. The average molecular weight is 458 g/mol. The molecule has 2 aromatic carbocycles. The molecule has 0 aliphatic rings. The molecule has 0 bridgehead atoms. The third kappa shape index (κ3) is 3.38. The highest BCUT2D eigenvalue weighted by atomic mass is 79.9. The van der Waals surface area contributed by atoms with Crippen LogP contribution in [0.2, 0.25) is 0 Å². The fourth-order valence-corrected chi connectivity index (χ4v) is 4.12. The molecule has 0 spiro atoms. The van der Waals surface area contributed by atoms with E-state index in [9.17, 15) is 8.42 Å². The van der Waals surface area contributed by atoms with E-state index in [0.29, 0.717) is 17.0 Å². The van der Waals surface area contributed by atoms with Crippen molar-refractivity contribution in [2.75, 3.05) is 4.72 Å². The molecule has 7 nitrogen and oxygen atoms in total. The highest BCUT2D eigenvalue weighted by Gasteiger charge is 2.20. The van der Waals surface area contributed by atoms with Gasteiger partial charge in [-0.2, -0.15) is 0 Å². The lowest BCUT2D eigenvalue weighted by molar-refractivity contribution is 0.601. The summed E-state index contributed by atoms with van der Waals surface area (Å²) in [5.41, 5.74) is 2.79. The molecule has 28 heavy (non-hydrogen) atoms. The van der Waals surface area contributed by atoms with Gasteiger partial charge in [0.15, 0.2) is 17.0 Å². The molecule has 0 saturated carbocycles. The maximum absolute atomic E-state index is 12.7. The molecule has 0 radical (unpaired) electrons. The van der Waals surface area contributed by atoms with E-state index >= 15 is 0 Å². The second-order valence-corrected chi connectivity index (χ2v) is 8.91. The number of nitrogens with zero attached hydrogens (tertiary/aromatic N) is 4. The van der Waals surface area contributed by atoms with Crippen molar-refractivity contribution < 1.29 is 8.42 Å². The monoisotopic (exact) mass is 457 g/mol. The molecule has 0 aliphatic carbocycles. The Bertz CT molecular complexity index is 1270. The summed E-state index contributed by atoms with van der Waals surface area (Å²) < 4.78 is 30.8. The van der Waals surface area contributed by atoms with Crippen LogP contribution in [0.3, 0.4) is 0 Å². The molecule has 2 aromatic heterocycles. The molecule has 4 aromatic rings. The summed E-state index contributed by atoms with van der Waals surface area (Å²) >= 11 is 3.42. The third-order valence-corrected chi connectivity index (χ3v) is 6.20. The van der Waals surface area contributed by atoms with Gasteiger partial charge >= 0.3 is 0 Å². The van der Waals surface area contributed by atoms with E-state index in [4.69, 9.17) is 0 Å². The van der Waals surface area contributed by atoms with Gasteiger partial charge in [0.1, 0.15) is 12.2 Å². The largest absolute Gasteiger partial charge is 0.312 e. The van der Waals surface area contributed by atoms with Crippen molar-refractivity contribution in [3.63, 3.8) is 0 Å². The zero-order valence-corrected chi connectivity index (χ0v) is 17.5. The van der Waals surface area contributed by atoms with Crippen LogP contribution in [0.1, 0.15) is 5.56 Å². The van der Waals surface area contributed by atoms with Crippen molar-refractivity contribution in [1.82, 2.24) is 19.5 Å². The summed E-state index contributed by atoms with van der Waals surface area (Å²) in [5, 5.41) is 0. The SMILES string of the molecule is Cc1ccc(S(=O)(=O)Nc2ncnc3c2nc(-c2ccc(Br)cc2)n3C)cc1. The maximum atomic E-state index is 12.7. The van der Waals surface area contributed by atoms with Gasteiger partial charge in [-0.3, -0.25) is 4.72 Å². The Balaban J connectivity index is 1.79. The van der Waals surface area contributed by atoms with Crippen molar-refractivity contribution in [2.24, 2.45) is 7.05 Å². The molecule has 1 N–H and O–H groups in total. The second kappa shape index (κ2) is 6.99. The van der Waals surface area contributed by atoms with Crippen LogP contribution < -0.4 is 4.72 Å². The molecule has 0 saturated heterocycles. The summed E-state index contributed by atoms with van der Waals surface area (Å²) in [4.78, 5) is 13.1. The number of nitrogens with one attached hydrogen (secondary N) is 1. The van der Waals surface area contributed by atoms with Crippen LogP contribution in [-0.4, -0.2) is 27.9 Å². The Morgan fingerprint density at radius 1 is 1.00 bits per heavy atom. The number of hydrogen-bond donors (Lipinski definition) is 1. The smallest absolute Gasteiger partial charge is 0.263 e. The van der Waals surface area contributed by atoms with Crippen LogP contribution in [0.15, 0.2) is 64.2 Å². The topological polar surface area (TPSA) is 89.8 Å². The van der Waals surface area contributed by atoms with E-state index in [1.54, 1.807) is 24.3 Å². The van der Waals surface area contributed by atoms with E-state index in [1.165, 1.54) is 6.33 Å². The Morgan fingerprint density at radius 2 is 1.68 bits per heavy atom.